The molecular formula is C13H13N5O. The molecule has 6 nitrogen and oxygen atoms in total. The van der Waals surface area contributed by atoms with Crippen LogP contribution in [0.15, 0.2) is 30.5 Å². The van der Waals surface area contributed by atoms with Crippen LogP contribution in [0.25, 0.3) is 5.69 Å². The highest BCUT2D eigenvalue weighted by molar-refractivity contribution is 5.90. The molecule has 0 aliphatic carbocycles. The molecule has 0 fully saturated rings. The van der Waals surface area contributed by atoms with E-state index in [4.69, 9.17) is 11.0 Å². The van der Waals surface area contributed by atoms with Gasteiger partial charge in [-0.3, -0.25) is 4.79 Å². The lowest BCUT2D eigenvalue weighted by Crippen LogP contribution is -2.09. The van der Waals surface area contributed by atoms with Crippen LogP contribution in [0.2, 0.25) is 0 Å². The maximum Gasteiger partial charge on any atom is 0.224 e. The molecule has 0 saturated carbocycles. The fourth-order valence-corrected chi connectivity index (χ4v) is 1.59. The molecule has 2 aromatic rings. The van der Waals surface area contributed by atoms with E-state index in [1.807, 2.05) is 6.07 Å². The molecule has 3 N–H and O–H groups in total. The van der Waals surface area contributed by atoms with Gasteiger partial charge < -0.3 is 11.1 Å². The molecular weight excluding hydrogens is 242 g/mol. The summed E-state index contributed by atoms with van der Waals surface area (Å²) in [6.45, 7) is 1.79. The van der Waals surface area contributed by atoms with E-state index in [1.54, 1.807) is 31.2 Å². The summed E-state index contributed by atoms with van der Waals surface area (Å²) in [6, 6.07) is 9.03. The molecule has 0 aliphatic rings. The number of hydrogen-bond acceptors (Lipinski definition) is 4. The minimum atomic E-state index is -0.0434. The topological polar surface area (TPSA) is 96.7 Å². The van der Waals surface area contributed by atoms with E-state index in [2.05, 4.69) is 10.4 Å². The second-order valence-electron chi connectivity index (χ2n) is 3.92. The van der Waals surface area contributed by atoms with Gasteiger partial charge in [0.1, 0.15) is 17.5 Å². The number of aromatic nitrogens is 2. The van der Waals surface area contributed by atoms with Crippen molar-refractivity contribution in [3.8, 4) is 11.8 Å². The molecule has 0 bridgehead atoms. The Hall–Kier alpha value is -2.81. The third-order valence-corrected chi connectivity index (χ3v) is 2.64. The van der Waals surface area contributed by atoms with Crippen LogP contribution >= 0.6 is 0 Å². The molecule has 0 spiro atoms. The summed E-state index contributed by atoms with van der Waals surface area (Å²) in [6.07, 6.45) is 1.85. The third-order valence-electron chi connectivity index (χ3n) is 2.64. The molecule has 1 heterocycles. The van der Waals surface area contributed by atoms with Crippen molar-refractivity contribution in [2.24, 2.45) is 0 Å². The largest absolute Gasteiger partial charge is 0.382 e. The Morgan fingerprint density at radius 1 is 1.47 bits per heavy atom. The number of rotatable bonds is 3. The van der Waals surface area contributed by atoms with Crippen LogP contribution in [-0.4, -0.2) is 15.7 Å². The lowest BCUT2D eigenvalue weighted by molar-refractivity contribution is -0.115. The smallest absolute Gasteiger partial charge is 0.224 e. The second kappa shape index (κ2) is 5.23. The molecule has 1 aromatic heterocycles. The van der Waals surface area contributed by atoms with Crippen LogP contribution in [-0.2, 0) is 4.79 Å². The lowest BCUT2D eigenvalue weighted by atomic mass is 10.2. The molecule has 2 rings (SSSR count). The first kappa shape index (κ1) is 12.6. The van der Waals surface area contributed by atoms with Gasteiger partial charge >= 0.3 is 0 Å². The van der Waals surface area contributed by atoms with Crippen LogP contribution in [0.5, 0.6) is 0 Å². The van der Waals surface area contributed by atoms with E-state index in [9.17, 15) is 4.79 Å². The summed E-state index contributed by atoms with van der Waals surface area (Å²) in [7, 11) is 0. The molecule has 6 heteroatoms. The van der Waals surface area contributed by atoms with Crippen molar-refractivity contribution < 1.29 is 4.79 Å². The van der Waals surface area contributed by atoms with Crippen molar-refractivity contribution in [3.05, 3.63) is 36.0 Å². The summed E-state index contributed by atoms with van der Waals surface area (Å²) in [5.74, 6) is 0.256. The fourth-order valence-electron chi connectivity index (χ4n) is 1.59. The molecule has 19 heavy (non-hydrogen) atoms. The van der Waals surface area contributed by atoms with Gasteiger partial charge in [-0.25, -0.2) is 4.68 Å². The quantitative estimate of drug-likeness (QED) is 0.871. The Balaban J connectivity index is 2.25. The van der Waals surface area contributed by atoms with Crippen LogP contribution < -0.4 is 11.1 Å². The van der Waals surface area contributed by atoms with Crippen molar-refractivity contribution in [3.63, 3.8) is 0 Å². The maximum absolute atomic E-state index is 11.2. The first-order valence-corrected chi connectivity index (χ1v) is 5.79. The Kier molecular flexibility index (Phi) is 3.48. The van der Waals surface area contributed by atoms with E-state index < -0.39 is 0 Å². The Morgan fingerprint density at radius 3 is 2.68 bits per heavy atom. The number of hydrogen-bond donors (Lipinski definition) is 2. The van der Waals surface area contributed by atoms with Crippen LogP contribution in [0.3, 0.4) is 0 Å². The zero-order valence-electron chi connectivity index (χ0n) is 10.4. The number of nitrogens with one attached hydrogen (secondary N) is 1. The Morgan fingerprint density at radius 2 is 2.16 bits per heavy atom. The van der Waals surface area contributed by atoms with E-state index in [1.165, 1.54) is 10.9 Å². The zero-order valence-corrected chi connectivity index (χ0v) is 10.4. The number of nitrogens with two attached hydrogens (primary N) is 1. The van der Waals surface area contributed by atoms with E-state index >= 15 is 0 Å². The van der Waals surface area contributed by atoms with E-state index in [0.29, 0.717) is 23.5 Å². The van der Waals surface area contributed by atoms with Gasteiger partial charge in [0.25, 0.3) is 0 Å². The van der Waals surface area contributed by atoms with E-state index in [-0.39, 0.29) is 5.91 Å². The van der Waals surface area contributed by atoms with Gasteiger partial charge in [-0.1, -0.05) is 6.92 Å². The summed E-state index contributed by atoms with van der Waals surface area (Å²) >= 11 is 0. The van der Waals surface area contributed by atoms with Crippen molar-refractivity contribution in [1.29, 1.82) is 5.26 Å². The molecule has 0 saturated heterocycles. The van der Waals surface area contributed by atoms with Gasteiger partial charge in [0, 0.05) is 12.1 Å². The van der Waals surface area contributed by atoms with Gasteiger partial charge in [-0.2, -0.15) is 10.4 Å². The predicted molar refractivity (Wildman–Crippen MR) is 71.6 cm³/mol. The molecule has 1 aromatic carbocycles. The van der Waals surface area contributed by atoms with Crippen LogP contribution in [0.4, 0.5) is 11.5 Å². The molecule has 1 amide bonds. The normalized spacial score (nSPS) is 9.89. The summed E-state index contributed by atoms with van der Waals surface area (Å²) in [5, 5.41) is 15.6. The van der Waals surface area contributed by atoms with Gasteiger partial charge in [0.15, 0.2) is 0 Å². The number of carbonyl (C=O) groups is 1. The second-order valence-corrected chi connectivity index (χ2v) is 3.92. The average molecular weight is 255 g/mol. The van der Waals surface area contributed by atoms with Crippen molar-refractivity contribution >= 4 is 17.4 Å². The standard InChI is InChI=1S/C13H13N5O/c1-2-12(19)17-10-3-5-11(6-4-10)18-13(15)9(7-14)8-16-18/h3-6,8H,2,15H2,1H3,(H,17,19). The minimum absolute atomic E-state index is 0.0434. The number of carbonyl (C=O) groups excluding carboxylic acids is 1. The first-order valence-electron chi connectivity index (χ1n) is 5.79. The van der Waals surface area contributed by atoms with Gasteiger partial charge in [-0.15, -0.1) is 0 Å². The molecule has 96 valence electrons. The Bertz CT molecular complexity index is 636. The highest BCUT2D eigenvalue weighted by Gasteiger charge is 2.08. The van der Waals surface area contributed by atoms with Crippen molar-refractivity contribution in [2.75, 3.05) is 11.1 Å². The number of nitrogen functional groups attached to an aromatic ring is 1. The van der Waals surface area contributed by atoms with Crippen LogP contribution in [0.1, 0.15) is 18.9 Å². The van der Waals surface area contributed by atoms with Crippen LogP contribution in [0, 0.1) is 11.3 Å². The fraction of sp³-hybridized carbons (Fsp3) is 0.154. The molecule has 0 atom stereocenters. The number of benzene rings is 1. The lowest BCUT2D eigenvalue weighted by Gasteiger charge is -2.06. The highest BCUT2D eigenvalue weighted by atomic mass is 16.1. The molecule has 0 aliphatic heterocycles. The third kappa shape index (κ3) is 2.55. The average Bonchev–Trinajstić information content (AvgIpc) is 2.80. The van der Waals surface area contributed by atoms with E-state index in [0.717, 1.165) is 5.69 Å². The SMILES string of the molecule is CCC(=O)Nc1ccc(-n2ncc(C#N)c2N)cc1. The number of amides is 1. The van der Waals surface area contributed by atoms with Gasteiger partial charge in [0.2, 0.25) is 5.91 Å². The van der Waals surface area contributed by atoms with Gasteiger partial charge in [-0.05, 0) is 24.3 Å². The Labute approximate surface area is 110 Å². The number of nitriles is 1. The first-order chi connectivity index (χ1) is 9.15. The predicted octanol–water partition coefficient (Wildman–Crippen LogP) is 1.67. The van der Waals surface area contributed by atoms with Crippen molar-refractivity contribution in [2.45, 2.75) is 13.3 Å². The summed E-state index contributed by atoms with van der Waals surface area (Å²) < 4.78 is 1.48. The number of nitrogens with zero attached hydrogens (tertiary/aromatic N) is 3. The molecule has 0 radical (unpaired) electrons. The highest BCUT2D eigenvalue weighted by Crippen LogP contribution is 2.18. The zero-order chi connectivity index (χ0) is 13.8. The minimum Gasteiger partial charge on any atom is -0.382 e. The number of anilines is 2. The summed E-state index contributed by atoms with van der Waals surface area (Å²) in [4.78, 5) is 11.2. The molecule has 0 unspecified atom stereocenters. The monoisotopic (exact) mass is 255 g/mol. The maximum atomic E-state index is 11.2. The van der Waals surface area contributed by atoms with Gasteiger partial charge in [0.05, 0.1) is 11.9 Å². The van der Waals surface area contributed by atoms with Crippen molar-refractivity contribution in [1.82, 2.24) is 9.78 Å². The summed E-state index contributed by atoms with van der Waals surface area (Å²) in [5.41, 5.74) is 7.57.